The lowest BCUT2D eigenvalue weighted by molar-refractivity contribution is 0.443. The van der Waals surface area contributed by atoms with Gasteiger partial charge in [0.05, 0.1) is 5.69 Å². The van der Waals surface area contributed by atoms with Gasteiger partial charge >= 0.3 is 0 Å². The third kappa shape index (κ3) is 6.68. The molecule has 69 heavy (non-hydrogen) atoms. The Hall–Kier alpha value is -7.39. The van der Waals surface area contributed by atoms with Gasteiger partial charge in [0, 0.05) is 41.9 Å². The van der Waals surface area contributed by atoms with Crippen LogP contribution in [-0.2, 0) is 5.41 Å². The minimum absolute atomic E-state index is 0.149. The van der Waals surface area contributed by atoms with Gasteiger partial charge < -0.3 is 4.90 Å². The molecule has 2 heteroatoms. The van der Waals surface area contributed by atoms with E-state index in [2.05, 4.69) is 249 Å². The average molecular weight is 906 g/mol. The predicted octanol–water partition coefficient (Wildman–Crippen LogP) is 19.3. The molecule has 10 aromatic rings. The SMILES string of the molecule is CC1(C)c2ccccc2-c2ccc(N(c3ccc(-c4ccc(C5CCCCC5)cc4)cc3)c3ccc4ccccc4c3-c3ccc4c(c3)S(c3ccccc3)(c3ccccc3)c3ccccc3-4)cc21. The van der Waals surface area contributed by atoms with Crippen molar-refractivity contribution in [3.05, 3.63) is 247 Å². The molecule has 1 heterocycles. The van der Waals surface area contributed by atoms with Gasteiger partial charge in [0.1, 0.15) is 0 Å². The van der Waals surface area contributed by atoms with Crippen molar-refractivity contribution >= 4 is 37.9 Å². The summed E-state index contributed by atoms with van der Waals surface area (Å²) in [4.78, 5) is 8.03. The van der Waals surface area contributed by atoms with Crippen molar-refractivity contribution in [2.24, 2.45) is 0 Å². The molecule has 13 rings (SSSR count). The van der Waals surface area contributed by atoms with Crippen LogP contribution >= 0.6 is 10.0 Å². The monoisotopic (exact) mass is 905 g/mol. The van der Waals surface area contributed by atoms with Crippen LogP contribution in [-0.4, -0.2) is 0 Å². The first kappa shape index (κ1) is 41.8. The van der Waals surface area contributed by atoms with Crippen molar-refractivity contribution in [2.45, 2.75) is 76.9 Å². The quantitative estimate of drug-likeness (QED) is 0.147. The molecule has 2 aliphatic carbocycles. The maximum atomic E-state index is 2.57. The maximum Gasteiger partial charge on any atom is 0.0546 e. The molecular weight excluding hydrogens is 851 g/mol. The van der Waals surface area contributed by atoms with Gasteiger partial charge in [-0.25, -0.2) is 0 Å². The van der Waals surface area contributed by atoms with Crippen LogP contribution in [0, 0.1) is 0 Å². The highest BCUT2D eigenvalue weighted by Crippen LogP contribution is 2.80. The van der Waals surface area contributed by atoms with E-state index in [9.17, 15) is 0 Å². The van der Waals surface area contributed by atoms with E-state index in [0.29, 0.717) is 5.92 Å². The van der Waals surface area contributed by atoms with E-state index in [1.165, 1.54) is 124 Å². The number of hydrogen-bond donors (Lipinski definition) is 0. The van der Waals surface area contributed by atoms with Gasteiger partial charge in [0.2, 0.25) is 0 Å². The Labute approximate surface area is 409 Å². The zero-order valence-corrected chi connectivity index (χ0v) is 40.2. The molecule has 0 N–H and O–H groups in total. The van der Waals surface area contributed by atoms with Crippen LogP contribution in [0.25, 0.3) is 55.3 Å². The van der Waals surface area contributed by atoms with E-state index < -0.39 is 10.0 Å². The van der Waals surface area contributed by atoms with Crippen LogP contribution < -0.4 is 4.90 Å². The van der Waals surface area contributed by atoms with Crippen LogP contribution in [0.3, 0.4) is 0 Å². The fourth-order valence-corrected chi connectivity index (χ4v) is 16.6. The molecule has 0 spiro atoms. The number of anilines is 3. The van der Waals surface area contributed by atoms with Crippen LogP contribution in [0.2, 0.25) is 0 Å². The van der Waals surface area contributed by atoms with Crippen LogP contribution in [0.5, 0.6) is 0 Å². The topological polar surface area (TPSA) is 3.24 Å². The molecule has 10 aromatic carbocycles. The summed E-state index contributed by atoms with van der Waals surface area (Å²) in [6.45, 7) is 4.77. The molecule has 0 radical (unpaired) electrons. The maximum absolute atomic E-state index is 2.57. The Bertz CT molecular complexity index is 3510. The molecule has 334 valence electrons. The summed E-state index contributed by atoms with van der Waals surface area (Å²) in [6, 6.07) is 87.8. The molecular formula is C67H55NS. The Morgan fingerprint density at radius 2 is 0.986 bits per heavy atom. The third-order valence-electron chi connectivity index (χ3n) is 15.7. The zero-order valence-electron chi connectivity index (χ0n) is 39.4. The first-order valence-electron chi connectivity index (χ1n) is 24.9. The van der Waals surface area contributed by atoms with E-state index in [1.54, 1.807) is 0 Å². The molecule has 1 fully saturated rings. The summed E-state index contributed by atoms with van der Waals surface area (Å²) in [6.07, 6.45) is 6.70. The summed E-state index contributed by atoms with van der Waals surface area (Å²) < 4.78 is 0. The molecule has 0 unspecified atom stereocenters. The Balaban J connectivity index is 1.02. The van der Waals surface area contributed by atoms with Gasteiger partial charge in [-0.3, -0.25) is 0 Å². The second-order valence-electron chi connectivity index (χ2n) is 19.9. The van der Waals surface area contributed by atoms with Crippen molar-refractivity contribution in [1.82, 2.24) is 0 Å². The Morgan fingerprint density at radius 1 is 0.420 bits per heavy atom. The van der Waals surface area contributed by atoms with Crippen molar-refractivity contribution in [3.8, 4) is 44.5 Å². The molecule has 1 nitrogen and oxygen atoms in total. The van der Waals surface area contributed by atoms with Crippen molar-refractivity contribution in [2.75, 3.05) is 4.90 Å². The molecule has 0 bridgehead atoms. The first-order chi connectivity index (χ1) is 34.0. The second-order valence-corrected chi connectivity index (χ2v) is 22.9. The molecule has 1 saturated carbocycles. The molecule has 1 aliphatic heterocycles. The van der Waals surface area contributed by atoms with Gasteiger partial charge in [0.25, 0.3) is 0 Å². The third-order valence-corrected chi connectivity index (χ3v) is 19.7. The Morgan fingerprint density at radius 3 is 1.72 bits per heavy atom. The summed E-state index contributed by atoms with van der Waals surface area (Å²) >= 11 is 0. The number of rotatable bonds is 8. The smallest absolute Gasteiger partial charge is 0.0546 e. The minimum Gasteiger partial charge on any atom is -0.310 e. The highest BCUT2D eigenvalue weighted by atomic mass is 32.3. The normalized spacial score (nSPS) is 15.7. The number of nitrogens with zero attached hydrogens (tertiary/aromatic N) is 1. The summed E-state index contributed by atoms with van der Waals surface area (Å²) in [5.74, 6) is 0.695. The molecule has 0 aromatic heterocycles. The molecule has 3 aliphatic rings. The lowest BCUT2D eigenvalue weighted by Gasteiger charge is -2.39. The van der Waals surface area contributed by atoms with Crippen LogP contribution in [0.4, 0.5) is 17.1 Å². The van der Waals surface area contributed by atoms with Gasteiger partial charge in [0.15, 0.2) is 0 Å². The summed E-state index contributed by atoms with van der Waals surface area (Å²) in [5, 5.41) is 2.46. The molecule has 0 amide bonds. The molecule has 0 saturated heterocycles. The van der Waals surface area contributed by atoms with Crippen molar-refractivity contribution < 1.29 is 0 Å². The summed E-state index contributed by atoms with van der Waals surface area (Å²) in [5.41, 5.74) is 17.8. The highest BCUT2D eigenvalue weighted by molar-refractivity contribution is 8.34. The van der Waals surface area contributed by atoms with E-state index in [1.807, 2.05) is 0 Å². The van der Waals surface area contributed by atoms with E-state index in [4.69, 9.17) is 0 Å². The molecule has 0 atom stereocenters. The Kier molecular flexibility index (Phi) is 10.1. The second kappa shape index (κ2) is 16.7. The predicted molar refractivity (Wildman–Crippen MR) is 292 cm³/mol. The minimum atomic E-state index is -1.86. The first-order valence-corrected chi connectivity index (χ1v) is 26.6. The standard InChI is InChI=1S/C67H55NS/c1-67(2)61-28-16-14-26-57(61)58-42-40-53(45-62(58)67)68(52-38-34-49(35-39-52)48-32-30-47(31-33-48)46-18-6-3-7-19-46)63-43-37-50-20-12-13-25-56(50)66(63)51-36-41-60-59-27-15-17-29-64(59)69(65(60)44-51,54-21-8-4-9-22-54)55-23-10-5-11-24-55/h4-5,8-17,20-46H,3,6-7,18-19H2,1-2H3. The fraction of sp³-hybridized carbons (Fsp3) is 0.134. The fourth-order valence-electron chi connectivity index (χ4n) is 12.3. The van der Waals surface area contributed by atoms with Gasteiger partial charge in [-0.1, -0.05) is 197 Å². The van der Waals surface area contributed by atoms with E-state index in [0.717, 1.165) is 17.1 Å². The van der Waals surface area contributed by atoms with Crippen LogP contribution in [0.1, 0.15) is 68.6 Å². The zero-order chi connectivity index (χ0) is 46.1. The lowest BCUT2D eigenvalue weighted by Crippen LogP contribution is -2.17. The highest BCUT2D eigenvalue weighted by Gasteiger charge is 2.42. The van der Waals surface area contributed by atoms with E-state index >= 15 is 0 Å². The van der Waals surface area contributed by atoms with Gasteiger partial charge in [-0.15, -0.1) is 10.0 Å². The summed E-state index contributed by atoms with van der Waals surface area (Å²) in [7, 11) is -1.86. The van der Waals surface area contributed by atoms with Gasteiger partial charge in [-0.05, 0) is 152 Å². The van der Waals surface area contributed by atoms with Gasteiger partial charge in [-0.2, -0.15) is 0 Å². The van der Waals surface area contributed by atoms with Crippen molar-refractivity contribution in [3.63, 3.8) is 0 Å². The van der Waals surface area contributed by atoms with Crippen LogP contribution in [0.15, 0.2) is 250 Å². The number of benzene rings is 10. The van der Waals surface area contributed by atoms with Crippen molar-refractivity contribution in [1.29, 1.82) is 0 Å². The largest absolute Gasteiger partial charge is 0.310 e. The lowest BCUT2D eigenvalue weighted by atomic mass is 9.82. The number of hydrogen-bond acceptors (Lipinski definition) is 1. The van der Waals surface area contributed by atoms with E-state index in [-0.39, 0.29) is 5.41 Å². The average Bonchev–Trinajstić information content (AvgIpc) is 3.84. The number of fused-ring (bicyclic) bond motifs is 7.